The number of methoxy groups -OCH3 is 1. The van der Waals surface area contributed by atoms with Gasteiger partial charge in [0.2, 0.25) is 5.95 Å². The minimum atomic E-state index is -4.37. The van der Waals surface area contributed by atoms with Crippen molar-refractivity contribution in [3.8, 4) is 0 Å². The first-order chi connectivity index (χ1) is 9.40. The molecule has 1 aromatic heterocycles. The number of ether oxygens (including phenoxy) is 1. The number of alkyl halides is 3. The van der Waals surface area contributed by atoms with Gasteiger partial charge in [0.05, 0.1) is 22.7 Å². The predicted octanol–water partition coefficient (Wildman–Crippen LogP) is 2.99. The predicted molar refractivity (Wildman–Crippen MR) is 68.2 cm³/mol. The lowest BCUT2D eigenvalue weighted by Gasteiger charge is -2.35. The van der Waals surface area contributed by atoms with Gasteiger partial charge in [-0.05, 0) is 31.0 Å². The number of imidazole rings is 1. The molecule has 1 fully saturated rings. The number of nitrogens with zero attached hydrogens (tertiary/aromatic N) is 2. The van der Waals surface area contributed by atoms with Crippen molar-refractivity contribution >= 4 is 17.0 Å². The number of hydrogen-bond acceptors (Lipinski definition) is 3. The Balaban J connectivity index is 2.00. The standard InChI is InChI=1S/C13H14F3N3O/c1-20-9-5-8(6-9)19-11-3-2-7(13(14,15)16)4-10(11)18-12(19)17/h2-4,8-9H,5-6H2,1H3,(H2,17,18). The van der Waals surface area contributed by atoms with Gasteiger partial charge in [0.25, 0.3) is 0 Å². The van der Waals surface area contributed by atoms with Crippen molar-refractivity contribution in [2.45, 2.75) is 31.2 Å². The molecular formula is C13H14F3N3O. The van der Waals surface area contributed by atoms with Crippen molar-refractivity contribution < 1.29 is 17.9 Å². The summed E-state index contributed by atoms with van der Waals surface area (Å²) in [6.07, 6.45) is -2.59. The van der Waals surface area contributed by atoms with Crippen LogP contribution < -0.4 is 5.73 Å². The Bertz CT molecular complexity index is 644. The van der Waals surface area contributed by atoms with E-state index in [-0.39, 0.29) is 23.6 Å². The van der Waals surface area contributed by atoms with Gasteiger partial charge in [-0.3, -0.25) is 0 Å². The number of fused-ring (bicyclic) bond motifs is 1. The van der Waals surface area contributed by atoms with E-state index < -0.39 is 11.7 Å². The van der Waals surface area contributed by atoms with Crippen LogP contribution in [0, 0.1) is 0 Å². The SMILES string of the molecule is COC1CC(n2c(N)nc3cc(C(F)(F)F)ccc32)C1. The zero-order valence-electron chi connectivity index (χ0n) is 10.8. The van der Waals surface area contributed by atoms with Crippen LogP contribution in [0.1, 0.15) is 24.4 Å². The molecule has 7 heteroatoms. The van der Waals surface area contributed by atoms with Gasteiger partial charge in [-0.1, -0.05) is 0 Å². The van der Waals surface area contributed by atoms with E-state index in [0.29, 0.717) is 5.52 Å². The second kappa shape index (κ2) is 4.37. The van der Waals surface area contributed by atoms with Gasteiger partial charge in [0.15, 0.2) is 0 Å². The fraction of sp³-hybridized carbons (Fsp3) is 0.462. The number of rotatable bonds is 2. The molecule has 0 spiro atoms. The largest absolute Gasteiger partial charge is 0.416 e. The molecule has 1 saturated carbocycles. The van der Waals surface area contributed by atoms with Crippen LogP contribution in [0.4, 0.5) is 19.1 Å². The first-order valence-electron chi connectivity index (χ1n) is 6.27. The van der Waals surface area contributed by atoms with Gasteiger partial charge in [-0.15, -0.1) is 0 Å². The Morgan fingerprint density at radius 2 is 2.05 bits per heavy atom. The third-order valence-corrected chi connectivity index (χ3v) is 3.81. The lowest BCUT2D eigenvalue weighted by molar-refractivity contribution is -0.137. The van der Waals surface area contributed by atoms with Crippen molar-refractivity contribution in [3.63, 3.8) is 0 Å². The number of halogens is 3. The summed E-state index contributed by atoms with van der Waals surface area (Å²) in [5, 5.41) is 0. The third-order valence-electron chi connectivity index (χ3n) is 3.81. The van der Waals surface area contributed by atoms with E-state index in [9.17, 15) is 13.2 Å². The number of anilines is 1. The van der Waals surface area contributed by atoms with Gasteiger partial charge in [-0.25, -0.2) is 4.98 Å². The summed E-state index contributed by atoms with van der Waals surface area (Å²) in [6.45, 7) is 0. The molecule has 0 atom stereocenters. The van der Waals surface area contributed by atoms with Crippen LogP contribution in [0.2, 0.25) is 0 Å². The van der Waals surface area contributed by atoms with E-state index in [1.807, 2.05) is 0 Å². The van der Waals surface area contributed by atoms with Crippen LogP contribution in [0.25, 0.3) is 11.0 Å². The monoisotopic (exact) mass is 285 g/mol. The van der Waals surface area contributed by atoms with E-state index in [0.717, 1.165) is 25.0 Å². The van der Waals surface area contributed by atoms with Gasteiger partial charge in [-0.2, -0.15) is 13.2 Å². The second-order valence-electron chi connectivity index (χ2n) is 5.02. The number of benzene rings is 1. The Morgan fingerprint density at radius 3 is 2.65 bits per heavy atom. The molecule has 3 rings (SSSR count). The number of nitrogen functional groups attached to an aromatic ring is 1. The van der Waals surface area contributed by atoms with Crippen molar-refractivity contribution in [1.82, 2.24) is 9.55 Å². The van der Waals surface area contributed by atoms with Crippen molar-refractivity contribution in [2.24, 2.45) is 0 Å². The summed E-state index contributed by atoms with van der Waals surface area (Å²) in [4.78, 5) is 4.04. The van der Waals surface area contributed by atoms with E-state index in [4.69, 9.17) is 10.5 Å². The van der Waals surface area contributed by atoms with Crippen molar-refractivity contribution in [1.29, 1.82) is 0 Å². The number of aromatic nitrogens is 2. The molecule has 0 unspecified atom stereocenters. The van der Waals surface area contributed by atoms with E-state index in [1.165, 1.54) is 6.07 Å². The molecule has 0 amide bonds. The van der Waals surface area contributed by atoms with Crippen LogP contribution >= 0.6 is 0 Å². The highest BCUT2D eigenvalue weighted by atomic mass is 19.4. The molecule has 1 aliphatic rings. The summed E-state index contributed by atoms with van der Waals surface area (Å²) in [5.74, 6) is 0.249. The lowest BCUT2D eigenvalue weighted by Crippen LogP contribution is -2.33. The maximum atomic E-state index is 12.7. The summed E-state index contributed by atoms with van der Waals surface area (Å²) in [7, 11) is 1.64. The topological polar surface area (TPSA) is 53.1 Å². The smallest absolute Gasteiger partial charge is 0.381 e. The fourth-order valence-corrected chi connectivity index (χ4v) is 2.62. The molecule has 4 nitrogen and oxygen atoms in total. The van der Waals surface area contributed by atoms with E-state index in [2.05, 4.69) is 4.98 Å². The highest BCUT2D eigenvalue weighted by Crippen LogP contribution is 2.39. The molecule has 0 radical (unpaired) electrons. The average molecular weight is 285 g/mol. The van der Waals surface area contributed by atoms with Gasteiger partial charge in [0, 0.05) is 13.2 Å². The first-order valence-corrected chi connectivity index (χ1v) is 6.27. The van der Waals surface area contributed by atoms with E-state index in [1.54, 1.807) is 11.7 Å². The quantitative estimate of drug-likeness (QED) is 0.923. The first kappa shape index (κ1) is 13.2. The maximum absolute atomic E-state index is 12.7. The molecule has 0 saturated heterocycles. The Hall–Kier alpha value is -1.76. The lowest BCUT2D eigenvalue weighted by atomic mass is 9.89. The van der Waals surface area contributed by atoms with E-state index >= 15 is 0 Å². The minimum Gasteiger partial charge on any atom is -0.381 e. The molecule has 1 heterocycles. The van der Waals surface area contributed by atoms with Crippen LogP contribution in [-0.4, -0.2) is 22.8 Å². The molecule has 108 valence electrons. The minimum absolute atomic E-state index is 0.140. The molecule has 0 aliphatic heterocycles. The molecule has 2 aromatic rings. The maximum Gasteiger partial charge on any atom is 0.416 e. The van der Waals surface area contributed by atoms with Crippen molar-refractivity contribution in [3.05, 3.63) is 23.8 Å². The Labute approximate surface area is 113 Å². The molecule has 2 N–H and O–H groups in total. The summed E-state index contributed by atoms with van der Waals surface area (Å²) >= 11 is 0. The highest BCUT2D eigenvalue weighted by molar-refractivity contribution is 5.79. The van der Waals surface area contributed by atoms with Gasteiger partial charge in [0.1, 0.15) is 0 Å². The van der Waals surface area contributed by atoms with Gasteiger partial charge >= 0.3 is 6.18 Å². The molecule has 1 aromatic carbocycles. The normalized spacial score (nSPS) is 23.0. The Kier molecular flexibility index (Phi) is 2.89. The number of nitrogens with two attached hydrogens (primary N) is 1. The zero-order valence-corrected chi connectivity index (χ0v) is 10.8. The molecular weight excluding hydrogens is 271 g/mol. The molecule has 1 aliphatic carbocycles. The van der Waals surface area contributed by atoms with Crippen LogP contribution in [0.5, 0.6) is 0 Å². The fourth-order valence-electron chi connectivity index (χ4n) is 2.62. The Morgan fingerprint density at radius 1 is 1.35 bits per heavy atom. The average Bonchev–Trinajstić information content (AvgIpc) is 2.63. The molecule has 0 bridgehead atoms. The van der Waals surface area contributed by atoms with Gasteiger partial charge < -0.3 is 15.0 Å². The third kappa shape index (κ3) is 2.02. The highest BCUT2D eigenvalue weighted by Gasteiger charge is 2.34. The summed E-state index contributed by atoms with van der Waals surface area (Å²) < 4.78 is 45.0. The van der Waals surface area contributed by atoms with Crippen LogP contribution in [-0.2, 0) is 10.9 Å². The van der Waals surface area contributed by atoms with Crippen LogP contribution in [0.15, 0.2) is 18.2 Å². The molecule has 20 heavy (non-hydrogen) atoms. The van der Waals surface area contributed by atoms with Crippen molar-refractivity contribution in [2.75, 3.05) is 12.8 Å². The summed E-state index contributed by atoms with van der Waals surface area (Å²) in [5.41, 5.74) is 6.04. The van der Waals surface area contributed by atoms with Crippen LogP contribution in [0.3, 0.4) is 0 Å². The zero-order chi connectivity index (χ0) is 14.5. The second-order valence-corrected chi connectivity index (χ2v) is 5.02. The summed E-state index contributed by atoms with van der Waals surface area (Å²) in [6, 6.07) is 3.67. The number of hydrogen-bond donors (Lipinski definition) is 1.